The van der Waals surface area contributed by atoms with Crippen LogP contribution in [0.4, 0.5) is 5.69 Å². The minimum Gasteiger partial charge on any atom is -0.465 e. The van der Waals surface area contributed by atoms with Crippen LogP contribution in [0.5, 0.6) is 0 Å². The lowest BCUT2D eigenvalue weighted by atomic mass is 10.1. The summed E-state index contributed by atoms with van der Waals surface area (Å²) in [6.45, 7) is 0.142. The van der Waals surface area contributed by atoms with Gasteiger partial charge in [-0.2, -0.15) is 0 Å². The molecule has 0 radical (unpaired) electrons. The Bertz CT molecular complexity index is 1150. The van der Waals surface area contributed by atoms with Gasteiger partial charge in [-0.3, -0.25) is 19.4 Å². The van der Waals surface area contributed by atoms with Gasteiger partial charge in [0.15, 0.2) is 0 Å². The smallest absolute Gasteiger partial charge is 0.337 e. The van der Waals surface area contributed by atoms with Crippen LogP contribution in [0.3, 0.4) is 0 Å². The zero-order valence-corrected chi connectivity index (χ0v) is 18.0. The van der Waals surface area contributed by atoms with Crippen molar-refractivity contribution >= 4 is 40.7 Å². The Balaban J connectivity index is 1.63. The number of amides is 3. The molecular formula is C23H19N3O5S. The molecular weight excluding hydrogens is 430 g/mol. The van der Waals surface area contributed by atoms with Gasteiger partial charge >= 0.3 is 5.97 Å². The van der Waals surface area contributed by atoms with Gasteiger partial charge in [-0.05, 0) is 47.3 Å². The van der Waals surface area contributed by atoms with Gasteiger partial charge in [0, 0.05) is 18.9 Å². The van der Waals surface area contributed by atoms with E-state index in [9.17, 15) is 19.2 Å². The van der Waals surface area contributed by atoms with Crippen LogP contribution < -0.4 is 4.90 Å². The molecule has 1 aliphatic heterocycles. The molecule has 2 aromatic heterocycles. The lowest BCUT2D eigenvalue weighted by molar-refractivity contribution is -0.122. The van der Waals surface area contributed by atoms with E-state index in [1.807, 2.05) is 6.07 Å². The molecule has 162 valence electrons. The molecule has 1 aliphatic rings. The minimum atomic E-state index is -0.947. The van der Waals surface area contributed by atoms with E-state index >= 15 is 0 Å². The lowest BCUT2D eigenvalue weighted by Crippen LogP contribution is -2.45. The topological polar surface area (TPSA) is 96.9 Å². The van der Waals surface area contributed by atoms with E-state index in [1.165, 1.54) is 47.6 Å². The van der Waals surface area contributed by atoms with Crippen LogP contribution >= 0.6 is 11.3 Å². The predicted molar refractivity (Wildman–Crippen MR) is 117 cm³/mol. The number of carbonyl (C=O) groups excluding carboxylic acids is 4. The van der Waals surface area contributed by atoms with Crippen molar-refractivity contribution in [2.24, 2.45) is 0 Å². The second-order valence-electron chi connectivity index (χ2n) is 7.10. The standard InChI is InChI=1S/C23H19N3O5S/c1-31-23(30)16-6-8-17(9-7-16)26-20(27)12-18(21(26)28)25(14-15-4-2-10-24-13-15)22(29)19-5-3-11-32-19/h2-11,13,18H,12,14H2,1H3. The number of imide groups is 1. The molecule has 4 rings (SSSR count). The first-order valence-electron chi connectivity index (χ1n) is 9.78. The Labute approximate surface area is 188 Å². The summed E-state index contributed by atoms with van der Waals surface area (Å²) in [6.07, 6.45) is 3.12. The quantitative estimate of drug-likeness (QED) is 0.424. The fourth-order valence-electron chi connectivity index (χ4n) is 3.55. The van der Waals surface area contributed by atoms with Gasteiger partial charge in [0.1, 0.15) is 6.04 Å². The average Bonchev–Trinajstić information content (AvgIpc) is 3.45. The third-order valence-corrected chi connectivity index (χ3v) is 5.97. The second-order valence-corrected chi connectivity index (χ2v) is 8.05. The molecule has 0 spiro atoms. The molecule has 3 aromatic rings. The number of pyridine rings is 1. The van der Waals surface area contributed by atoms with Crippen molar-refractivity contribution in [1.29, 1.82) is 0 Å². The molecule has 9 heteroatoms. The SMILES string of the molecule is COC(=O)c1ccc(N2C(=O)CC(N(Cc3cccnc3)C(=O)c3cccs3)C2=O)cc1. The molecule has 1 fully saturated rings. The van der Waals surface area contributed by atoms with E-state index in [4.69, 9.17) is 0 Å². The molecule has 0 saturated carbocycles. The minimum absolute atomic E-state index is 0.130. The van der Waals surface area contributed by atoms with Crippen molar-refractivity contribution < 1.29 is 23.9 Å². The molecule has 32 heavy (non-hydrogen) atoms. The Morgan fingerprint density at radius 3 is 2.56 bits per heavy atom. The van der Waals surface area contributed by atoms with Gasteiger partial charge in [0.2, 0.25) is 5.91 Å². The lowest BCUT2D eigenvalue weighted by Gasteiger charge is -2.27. The number of thiophene rings is 1. The fourth-order valence-corrected chi connectivity index (χ4v) is 4.23. The first-order chi connectivity index (χ1) is 15.5. The highest BCUT2D eigenvalue weighted by atomic mass is 32.1. The number of esters is 1. The Kier molecular flexibility index (Phi) is 6.09. The van der Waals surface area contributed by atoms with Crippen LogP contribution in [0.1, 0.15) is 32.0 Å². The van der Waals surface area contributed by atoms with Crippen LogP contribution in [0.2, 0.25) is 0 Å². The third-order valence-electron chi connectivity index (χ3n) is 5.11. The molecule has 1 aromatic carbocycles. The summed E-state index contributed by atoms with van der Waals surface area (Å²) in [5.41, 5.74) is 1.39. The summed E-state index contributed by atoms with van der Waals surface area (Å²) < 4.78 is 4.68. The van der Waals surface area contributed by atoms with Gasteiger partial charge in [-0.1, -0.05) is 12.1 Å². The number of carbonyl (C=O) groups is 4. The Hall–Kier alpha value is -3.85. The van der Waals surface area contributed by atoms with Gasteiger partial charge in [-0.25, -0.2) is 9.69 Å². The van der Waals surface area contributed by atoms with Crippen molar-refractivity contribution in [1.82, 2.24) is 9.88 Å². The predicted octanol–water partition coefficient (Wildman–Crippen LogP) is 2.90. The number of hydrogen-bond acceptors (Lipinski definition) is 7. The van der Waals surface area contributed by atoms with Crippen molar-refractivity contribution in [2.75, 3.05) is 12.0 Å². The number of rotatable bonds is 6. The van der Waals surface area contributed by atoms with Gasteiger partial charge in [-0.15, -0.1) is 11.3 Å². The van der Waals surface area contributed by atoms with E-state index in [-0.39, 0.29) is 18.9 Å². The summed E-state index contributed by atoms with van der Waals surface area (Å²) in [5.74, 6) is -1.74. The highest BCUT2D eigenvalue weighted by molar-refractivity contribution is 7.12. The summed E-state index contributed by atoms with van der Waals surface area (Å²) >= 11 is 1.27. The molecule has 8 nitrogen and oxygen atoms in total. The number of benzene rings is 1. The number of methoxy groups -OCH3 is 1. The molecule has 0 aliphatic carbocycles. The molecule has 0 N–H and O–H groups in total. The molecule has 3 heterocycles. The maximum Gasteiger partial charge on any atom is 0.337 e. The van der Waals surface area contributed by atoms with Crippen molar-refractivity contribution in [3.63, 3.8) is 0 Å². The maximum atomic E-state index is 13.3. The van der Waals surface area contributed by atoms with Crippen molar-refractivity contribution in [3.05, 3.63) is 82.3 Å². The van der Waals surface area contributed by atoms with Gasteiger partial charge < -0.3 is 9.64 Å². The number of ether oxygens (including phenoxy) is 1. The van der Waals surface area contributed by atoms with E-state index in [1.54, 1.807) is 36.0 Å². The van der Waals surface area contributed by atoms with E-state index in [0.717, 1.165) is 10.5 Å². The summed E-state index contributed by atoms with van der Waals surface area (Å²) in [6, 6.07) is 12.1. The summed E-state index contributed by atoms with van der Waals surface area (Å²) in [7, 11) is 1.27. The van der Waals surface area contributed by atoms with E-state index in [0.29, 0.717) is 16.1 Å². The third kappa shape index (κ3) is 4.15. The monoisotopic (exact) mass is 449 g/mol. The summed E-state index contributed by atoms with van der Waals surface area (Å²) in [4.78, 5) is 58.0. The fraction of sp³-hybridized carbons (Fsp3) is 0.174. The summed E-state index contributed by atoms with van der Waals surface area (Å²) in [5, 5.41) is 1.78. The second kappa shape index (κ2) is 9.11. The van der Waals surface area contributed by atoms with Crippen LogP contribution in [0.25, 0.3) is 0 Å². The van der Waals surface area contributed by atoms with Gasteiger partial charge in [0.25, 0.3) is 11.8 Å². The Morgan fingerprint density at radius 2 is 1.94 bits per heavy atom. The largest absolute Gasteiger partial charge is 0.465 e. The first-order valence-corrected chi connectivity index (χ1v) is 10.7. The average molecular weight is 449 g/mol. The number of hydrogen-bond donors (Lipinski definition) is 0. The van der Waals surface area contributed by atoms with E-state index < -0.39 is 23.8 Å². The molecule has 0 bridgehead atoms. The molecule has 1 unspecified atom stereocenters. The Morgan fingerprint density at radius 1 is 1.16 bits per heavy atom. The van der Waals surface area contributed by atoms with Crippen LogP contribution in [0.15, 0.2) is 66.3 Å². The highest BCUT2D eigenvalue weighted by Gasteiger charge is 2.44. The zero-order chi connectivity index (χ0) is 22.7. The maximum absolute atomic E-state index is 13.3. The number of anilines is 1. The molecule has 3 amide bonds. The zero-order valence-electron chi connectivity index (χ0n) is 17.1. The van der Waals surface area contributed by atoms with Crippen molar-refractivity contribution in [3.8, 4) is 0 Å². The van der Waals surface area contributed by atoms with Gasteiger partial charge in [0.05, 0.1) is 29.7 Å². The highest BCUT2D eigenvalue weighted by Crippen LogP contribution is 2.28. The first kappa shape index (κ1) is 21.4. The normalized spacial score (nSPS) is 15.7. The van der Waals surface area contributed by atoms with Crippen molar-refractivity contribution in [2.45, 2.75) is 19.0 Å². The molecule has 1 atom stereocenters. The van der Waals surface area contributed by atoms with Crippen LogP contribution in [-0.4, -0.2) is 46.7 Å². The number of nitrogens with zero attached hydrogens (tertiary/aromatic N) is 3. The molecule has 1 saturated heterocycles. The number of aromatic nitrogens is 1. The van der Waals surface area contributed by atoms with Crippen LogP contribution in [0, 0.1) is 0 Å². The van der Waals surface area contributed by atoms with E-state index in [2.05, 4.69) is 9.72 Å². The van der Waals surface area contributed by atoms with Crippen LogP contribution in [-0.2, 0) is 20.9 Å².